The first kappa shape index (κ1) is 32.5. The predicted octanol–water partition coefficient (Wildman–Crippen LogP) is 8.22. The Morgan fingerprint density at radius 1 is 0.794 bits per heavy atom. The monoisotopic (exact) mass is 480 g/mol. The number of nitrogens with one attached hydrogen (secondary N) is 2. The highest BCUT2D eigenvalue weighted by atomic mass is 16.6. The lowest BCUT2D eigenvalue weighted by Gasteiger charge is -2.19. The van der Waals surface area contributed by atoms with Crippen molar-refractivity contribution in [3.63, 3.8) is 0 Å². The molecule has 0 rings (SSSR count). The molecule has 0 fully saturated rings. The van der Waals surface area contributed by atoms with Crippen molar-refractivity contribution in [2.24, 2.45) is 0 Å². The zero-order chi connectivity index (χ0) is 25.5. The van der Waals surface area contributed by atoms with Gasteiger partial charge in [0.25, 0.3) is 0 Å². The van der Waals surface area contributed by atoms with Gasteiger partial charge < -0.3 is 15.4 Å². The summed E-state index contributed by atoms with van der Waals surface area (Å²) in [4.78, 5) is 23.7. The number of hydrogen-bond acceptors (Lipinski definition) is 3. The number of unbranched alkanes of at least 4 members (excludes halogenated alkanes) is 12. The SMILES string of the molecule is CCCCCCCC/C=C\CCCCCCCC(=O)NC(C)CCCCNC(=O)OC(C)(C)C. The third-order valence-electron chi connectivity index (χ3n) is 5.81. The molecule has 5 nitrogen and oxygen atoms in total. The van der Waals surface area contributed by atoms with E-state index >= 15 is 0 Å². The number of carbonyl (C=O) groups excluding carboxylic acids is 2. The summed E-state index contributed by atoms with van der Waals surface area (Å²) in [6.45, 7) is 10.5. The van der Waals surface area contributed by atoms with E-state index in [0.29, 0.717) is 13.0 Å². The van der Waals surface area contributed by atoms with Gasteiger partial charge in [-0.1, -0.05) is 70.4 Å². The lowest BCUT2D eigenvalue weighted by Crippen LogP contribution is -2.33. The van der Waals surface area contributed by atoms with Crippen molar-refractivity contribution in [2.45, 2.75) is 155 Å². The number of alkyl carbamates (subject to hydrolysis) is 1. The van der Waals surface area contributed by atoms with Gasteiger partial charge in [-0.15, -0.1) is 0 Å². The van der Waals surface area contributed by atoms with E-state index in [1.807, 2.05) is 20.8 Å². The fourth-order valence-electron chi connectivity index (χ4n) is 3.86. The molecule has 0 aromatic carbocycles. The molecule has 34 heavy (non-hydrogen) atoms. The maximum atomic E-state index is 12.1. The Bertz CT molecular complexity index is 526. The van der Waals surface area contributed by atoms with Crippen LogP contribution in [-0.4, -0.2) is 30.2 Å². The summed E-state index contributed by atoms with van der Waals surface area (Å²) in [7, 11) is 0. The molecule has 0 spiro atoms. The lowest BCUT2D eigenvalue weighted by atomic mass is 10.1. The highest BCUT2D eigenvalue weighted by Crippen LogP contribution is 2.10. The fraction of sp³-hybridized carbons (Fsp3) is 0.862. The average Bonchev–Trinajstić information content (AvgIpc) is 2.75. The van der Waals surface area contributed by atoms with Crippen molar-refractivity contribution in [1.29, 1.82) is 0 Å². The number of rotatable bonds is 21. The minimum absolute atomic E-state index is 0.164. The molecular formula is C29H56N2O3. The second-order valence-electron chi connectivity index (χ2n) is 10.7. The summed E-state index contributed by atoms with van der Waals surface area (Å²) in [6.07, 6.45) is 24.3. The van der Waals surface area contributed by atoms with Crippen LogP contribution in [0.25, 0.3) is 0 Å². The Morgan fingerprint density at radius 2 is 1.35 bits per heavy atom. The van der Waals surface area contributed by atoms with Gasteiger partial charge >= 0.3 is 6.09 Å². The Hall–Kier alpha value is -1.52. The summed E-state index contributed by atoms with van der Waals surface area (Å²) in [5, 5.41) is 5.87. The second kappa shape index (κ2) is 22.0. The molecule has 0 aliphatic carbocycles. The van der Waals surface area contributed by atoms with E-state index in [1.165, 1.54) is 70.6 Å². The number of hydrogen-bond donors (Lipinski definition) is 2. The summed E-state index contributed by atoms with van der Waals surface area (Å²) in [5.41, 5.74) is -0.465. The first-order chi connectivity index (χ1) is 16.2. The largest absolute Gasteiger partial charge is 0.444 e. The molecule has 5 heteroatoms. The van der Waals surface area contributed by atoms with Gasteiger partial charge in [0.15, 0.2) is 0 Å². The van der Waals surface area contributed by atoms with Gasteiger partial charge in [-0.25, -0.2) is 4.79 Å². The van der Waals surface area contributed by atoms with Crippen LogP contribution in [0.2, 0.25) is 0 Å². The van der Waals surface area contributed by atoms with Crippen molar-refractivity contribution in [3.8, 4) is 0 Å². The van der Waals surface area contributed by atoms with Crippen LogP contribution in [0.3, 0.4) is 0 Å². The standard InChI is InChI=1S/C29H56N2O3/c1-6-7-8-9-10-11-12-13-14-15-16-17-18-19-20-24-27(32)31-26(2)23-21-22-25-30-28(33)34-29(3,4)5/h13-14,26H,6-12,15-25H2,1-5H3,(H,30,33)(H,31,32)/b14-13-. The summed E-state index contributed by atoms with van der Waals surface area (Å²) < 4.78 is 5.21. The third kappa shape index (κ3) is 25.1. The van der Waals surface area contributed by atoms with E-state index in [1.54, 1.807) is 0 Å². The molecule has 200 valence electrons. The van der Waals surface area contributed by atoms with Crippen LogP contribution >= 0.6 is 0 Å². The van der Waals surface area contributed by atoms with Crippen LogP contribution < -0.4 is 10.6 Å². The molecule has 2 amide bonds. The van der Waals surface area contributed by atoms with E-state index in [-0.39, 0.29) is 18.0 Å². The van der Waals surface area contributed by atoms with Crippen molar-refractivity contribution in [3.05, 3.63) is 12.2 Å². The lowest BCUT2D eigenvalue weighted by molar-refractivity contribution is -0.121. The average molecular weight is 481 g/mol. The van der Waals surface area contributed by atoms with Gasteiger partial charge in [0, 0.05) is 19.0 Å². The molecule has 0 aliphatic heterocycles. The van der Waals surface area contributed by atoms with Crippen molar-refractivity contribution >= 4 is 12.0 Å². The quantitative estimate of drug-likeness (QED) is 0.128. The van der Waals surface area contributed by atoms with Crippen molar-refractivity contribution in [1.82, 2.24) is 10.6 Å². The zero-order valence-corrected chi connectivity index (χ0v) is 23.2. The topological polar surface area (TPSA) is 67.4 Å². The van der Waals surface area contributed by atoms with Crippen LogP contribution in [0.1, 0.15) is 144 Å². The molecule has 0 aliphatic rings. The second-order valence-corrected chi connectivity index (χ2v) is 10.7. The van der Waals surface area contributed by atoms with Gasteiger partial charge in [-0.3, -0.25) is 4.79 Å². The molecule has 0 aromatic heterocycles. The molecular weight excluding hydrogens is 424 g/mol. The van der Waals surface area contributed by atoms with E-state index < -0.39 is 5.60 Å². The predicted molar refractivity (Wildman–Crippen MR) is 145 cm³/mol. The van der Waals surface area contributed by atoms with E-state index in [4.69, 9.17) is 4.74 Å². The highest BCUT2D eigenvalue weighted by molar-refractivity contribution is 5.76. The first-order valence-corrected chi connectivity index (χ1v) is 14.2. The van der Waals surface area contributed by atoms with E-state index in [0.717, 1.165) is 32.1 Å². The molecule has 0 saturated heterocycles. The molecule has 0 aromatic rings. The van der Waals surface area contributed by atoms with Crippen molar-refractivity contribution < 1.29 is 14.3 Å². The molecule has 0 saturated carbocycles. The van der Waals surface area contributed by atoms with E-state index in [2.05, 4.69) is 36.6 Å². The summed E-state index contributed by atoms with van der Waals surface area (Å²) >= 11 is 0. The molecule has 1 atom stereocenters. The maximum absolute atomic E-state index is 12.1. The van der Waals surface area contributed by atoms with Gasteiger partial charge in [-0.05, 0) is 79.1 Å². The van der Waals surface area contributed by atoms with Crippen LogP contribution in [-0.2, 0) is 9.53 Å². The number of amides is 2. The van der Waals surface area contributed by atoms with Gasteiger partial charge in [0.05, 0.1) is 0 Å². The molecule has 0 radical (unpaired) electrons. The highest BCUT2D eigenvalue weighted by Gasteiger charge is 2.15. The summed E-state index contributed by atoms with van der Waals surface area (Å²) in [5.74, 6) is 0.164. The Balaban J connectivity index is 3.46. The molecule has 0 heterocycles. The van der Waals surface area contributed by atoms with Gasteiger partial charge in [0.1, 0.15) is 5.60 Å². The fourth-order valence-corrected chi connectivity index (χ4v) is 3.86. The smallest absolute Gasteiger partial charge is 0.407 e. The Morgan fingerprint density at radius 3 is 1.94 bits per heavy atom. The molecule has 0 bridgehead atoms. The van der Waals surface area contributed by atoms with Crippen LogP contribution in [0.15, 0.2) is 12.2 Å². The third-order valence-corrected chi connectivity index (χ3v) is 5.81. The minimum atomic E-state index is -0.465. The van der Waals surface area contributed by atoms with Gasteiger partial charge in [-0.2, -0.15) is 0 Å². The zero-order valence-electron chi connectivity index (χ0n) is 23.2. The number of ether oxygens (including phenoxy) is 1. The van der Waals surface area contributed by atoms with Crippen molar-refractivity contribution in [2.75, 3.05) is 6.54 Å². The Kier molecular flexibility index (Phi) is 21.0. The minimum Gasteiger partial charge on any atom is -0.444 e. The van der Waals surface area contributed by atoms with Gasteiger partial charge in [0.2, 0.25) is 5.91 Å². The van der Waals surface area contributed by atoms with Crippen LogP contribution in [0, 0.1) is 0 Å². The maximum Gasteiger partial charge on any atom is 0.407 e. The number of carbonyl (C=O) groups is 2. The molecule has 2 N–H and O–H groups in total. The van der Waals surface area contributed by atoms with E-state index in [9.17, 15) is 9.59 Å². The summed E-state index contributed by atoms with van der Waals surface area (Å²) in [6, 6.07) is 0.178. The first-order valence-electron chi connectivity index (χ1n) is 14.2. The Labute approximate surface area is 211 Å². The normalized spacial score (nSPS) is 12.6. The molecule has 1 unspecified atom stereocenters. The van der Waals surface area contributed by atoms with Crippen LogP contribution in [0.4, 0.5) is 4.79 Å². The van der Waals surface area contributed by atoms with Crippen LogP contribution in [0.5, 0.6) is 0 Å². The number of allylic oxidation sites excluding steroid dienone is 2.